The molecule has 4 nitrogen and oxygen atoms in total. The molecule has 0 bridgehead atoms. The lowest BCUT2D eigenvalue weighted by atomic mass is 9.70. The van der Waals surface area contributed by atoms with E-state index in [2.05, 4.69) is 0 Å². The molecule has 2 aliphatic carbocycles. The van der Waals surface area contributed by atoms with Crippen LogP contribution in [0.5, 0.6) is 0 Å². The zero-order valence-electron chi connectivity index (χ0n) is 17.7. The molecule has 1 fully saturated rings. The van der Waals surface area contributed by atoms with Crippen LogP contribution in [-0.2, 0) is 20.7 Å². The van der Waals surface area contributed by atoms with Gasteiger partial charge in [0.1, 0.15) is 11.7 Å². The highest BCUT2D eigenvalue weighted by Crippen LogP contribution is 2.44. The molecule has 0 heterocycles. The van der Waals surface area contributed by atoms with E-state index < -0.39 is 29.5 Å². The van der Waals surface area contributed by atoms with Crippen LogP contribution in [0.2, 0.25) is 0 Å². The van der Waals surface area contributed by atoms with Crippen LogP contribution in [0, 0.1) is 23.6 Å². The quantitative estimate of drug-likeness (QED) is 0.362. The van der Waals surface area contributed by atoms with Gasteiger partial charge in [-0.25, -0.2) is 4.39 Å². The van der Waals surface area contributed by atoms with Crippen molar-refractivity contribution in [3.63, 3.8) is 0 Å². The number of esters is 1. The number of fused-ring (bicyclic) bond motifs is 1. The van der Waals surface area contributed by atoms with Gasteiger partial charge >= 0.3 is 5.97 Å². The van der Waals surface area contributed by atoms with Crippen LogP contribution in [0.25, 0.3) is 0 Å². The molecule has 2 aromatic carbocycles. The average Bonchev–Trinajstić information content (AvgIpc) is 3.62. The summed E-state index contributed by atoms with van der Waals surface area (Å²) in [6.07, 6.45) is 3.62. The second-order valence-corrected chi connectivity index (χ2v) is 8.50. The summed E-state index contributed by atoms with van der Waals surface area (Å²) in [7, 11) is 0. The molecule has 2 aromatic rings. The molecule has 0 amide bonds. The standard InChI is InChI=1S/C26H27FO4/c1-2-31-26(30)23(24(28)18-10-11-18)22(17-12-14-19(27)15-13-17)21-9-5-7-16-6-3-4-8-20(16)25(21)29/h3-4,6,8,12-15,18,21-23H,2,5,7,9-11H2,1H3. The van der Waals surface area contributed by atoms with Gasteiger partial charge in [0.25, 0.3) is 0 Å². The topological polar surface area (TPSA) is 60.4 Å². The fourth-order valence-corrected chi connectivity index (χ4v) is 4.80. The van der Waals surface area contributed by atoms with E-state index in [1.54, 1.807) is 19.1 Å². The number of Topliss-reactive ketones (excluding diaryl/α,β-unsaturated/α-hetero) is 2. The van der Waals surface area contributed by atoms with Crippen molar-refractivity contribution in [2.45, 2.75) is 44.9 Å². The Morgan fingerprint density at radius 2 is 1.77 bits per heavy atom. The van der Waals surface area contributed by atoms with Crippen molar-refractivity contribution in [1.82, 2.24) is 0 Å². The molecule has 31 heavy (non-hydrogen) atoms. The Labute approximate surface area is 181 Å². The maximum absolute atomic E-state index is 13.7. The fraction of sp³-hybridized carbons (Fsp3) is 0.423. The van der Waals surface area contributed by atoms with Crippen LogP contribution in [0.15, 0.2) is 48.5 Å². The van der Waals surface area contributed by atoms with Gasteiger partial charge in [-0.2, -0.15) is 0 Å². The Hall–Kier alpha value is -2.82. The van der Waals surface area contributed by atoms with Crippen molar-refractivity contribution >= 4 is 17.5 Å². The van der Waals surface area contributed by atoms with Gasteiger partial charge in [0, 0.05) is 23.3 Å². The summed E-state index contributed by atoms with van der Waals surface area (Å²) in [5.41, 5.74) is 2.28. The first-order valence-corrected chi connectivity index (χ1v) is 11.1. The molecule has 3 atom stereocenters. The molecular weight excluding hydrogens is 395 g/mol. The number of benzene rings is 2. The fourth-order valence-electron chi connectivity index (χ4n) is 4.80. The van der Waals surface area contributed by atoms with Gasteiger partial charge in [-0.3, -0.25) is 14.4 Å². The van der Waals surface area contributed by atoms with Crippen LogP contribution < -0.4 is 0 Å². The van der Waals surface area contributed by atoms with Gasteiger partial charge in [0.2, 0.25) is 0 Å². The SMILES string of the molecule is CCOC(=O)C(C(=O)C1CC1)C(c1ccc(F)cc1)C1CCCc2ccccc2C1=O. The zero-order valence-corrected chi connectivity index (χ0v) is 17.7. The number of ketones is 2. The first-order valence-electron chi connectivity index (χ1n) is 11.1. The van der Waals surface area contributed by atoms with Crippen molar-refractivity contribution in [3.8, 4) is 0 Å². The van der Waals surface area contributed by atoms with Gasteiger partial charge in [-0.1, -0.05) is 36.4 Å². The molecule has 0 spiro atoms. The summed E-state index contributed by atoms with van der Waals surface area (Å²) in [6, 6.07) is 13.4. The second kappa shape index (κ2) is 9.13. The van der Waals surface area contributed by atoms with Crippen LogP contribution in [-0.4, -0.2) is 24.1 Å². The highest BCUT2D eigenvalue weighted by molar-refractivity contribution is 6.05. The first-order chi connectivity index (χ1) is 15.0. The predicted octanol–water partition coefficient (Wildman–Crippen LogP) is 4.90. The number of hydrogen-bond acceptors (Lipinski definition) is 4. The number of halogens is 1. The van der Waals surface area contributed by atoms with Crippen molar-refractivity contribution in [2.75, 3.05) is 6.61 Å². The Bertz CT molecular complexity index is 977. The lowest BCUT2D eigenvalue weighted by molar-refractivity contribution is -0.153. The van der Waals surface area contributed by atoms with Gasteiger partial charge < -0.3 is 4.74 Å². The van der Waals surface area contributed by atoms with E-state index in [1.807, 2.05) is 24.3 Å². The molecule has 5 heteroatoms. The van der Waals surface area contributed by atoms with Gasteiger partial charge in [-0.15, -0.1) is 0 Å². The van der Waals surface area contributed by atoms with Crippen LogP contribution >= 0.6 is 0 Å². The minimum absolute atomic E-state index is 0.0553. The van der Waals surface area contributed by atoms with E-state index in [4.69, 9.17) is 4.74 Å². The normalized spacial score (nSPS) is 20.3. The molecule has 162 valence electrons. The first kappa shape index (κ1) is 21.4. The highest BCUT2D eigenvalue weighted by Gasteiger charge is 2.48. The third kappa shape index (κ3) is 4.46. The number of aryl methyl sites for hydroxylation is 1. The number of ether oxygens (including phenoxy) is 1. The zero-order chi connectivity index (χ0) is 22.0. The second-order valence-electron chi connectivity index (χ2n) is 8.50. The molecule has 4 rings (SSSR count). The molecule has 3 unspecified atom stereocenters. The Morgan fingerprint density at radius 1 is 1.06 bits per heavy atom. The number of carbonyl (C=O) groups is 3. The molecule has 0 radical (unpaired) electrons. The van der Waals surface area contributed by atoms with Crippen molar-refractivity contribution in [1.29, 1.82) is 0 Å². The largest absolute Gasteiger partial charge is 0.465 e. The molecule has 0 N–H and O–H groups in total. The average molecular weight is 422 g/mol. The molecule has 0 saturated heterocycles. The third-order valence-electron chi connectivity index (χ3n) is 6.46. The summed E-state index contributed by atoms with van der Waals surface area (Å²) in [6.45, 7) is 1.86. The number of carbonyl (C=O) groups excluding carboxylic acids is 3. The minimum atomic E-state index is -1.06. The maximum Gasteiger partial charge on any atom is 0.317 e. The van der Waals surface area contributed by atoms with E-state index in [9.17, 15) is 18.8 Å². The molecule has 2 aliphatic rings. The van der Waals surface area contributed by atoms with Crippen LogP contribution in [0.4, 0.5) is 4.39 Å². The number of rotatable bonds is 7. The van der Waals surface area contributed by atoms with E-state index in [1.165, 1.54) is 12.1 Å². The molecular formula is C26H27FO4. The summed E-state index contributed by atoms with van der Waals surface area (Å²) in [5.74, 6) is -3.64. The Morgan fingerprint density at radius 3 is 2.45 bits per heavy atom. The summed E-state index contributed by atoms with van der Waals surface area (Å²) in [4.78, 5) is 40.0. The molecule has 0 aliphatic heterocycles. The molecule has 0 aromatic heterocycles. The van der Waals surface area contributed by atoms with Crippen molar-refractivity contribution < 1.29 is 23.5 Å². The van der Waals surface area contributed by atoms with Crippen LogP contribution in [0.3, 0.4) is 0 Å². The summed E-state index contributed by atoms with van der Waals surface area (Å²) < 4.78 is 19.0. The smallest absolute Gasteiger partial charge is 0.317 e. The monoisotopic (exact) mass is 422 g/mol. The predicted molar refractivity (Wildman–Crippen MR) is 114 cm³/mol. The van der Waals surface area contributed by atoms with Gasteiger partial charge in [0.15, 0.2) is 11.6 Å². The lowest BCUT2D eigenvalue weighted by Crippen LogP contribution is -2.38. The highest BCUT2D eigenvalue weighted by atomic mass is 19.1. The van der Waals surface area contributed by atoms with Gasteiger partial charge in [0.05, 0.1) is 6.61 Å². The van der Waals surface area contributed by atoms with Crippen molar-refractivity contribution in [2.24, 2.45) is 17.8 Å². The summed E-state index contributed by atoms with van der Waals surface area (Å²) in [5, 5.41) is 0. The van der Waals surface area contributed by atoms with E-state index in [0.717, 1.165) is 31.2 Å². The van der Waals surface area contributed by atoms with E-state index >= 15 is 0 Å². The Balaban J connectivity index is 1.81. The lowest BCUT2D eigenvalue weighted by Gasteiger charge is -2.31. The summed E-state index contributed by atoms with van der Waals surface area (Å²) >= 11 is 0. The van der Waals surface area contributed by atoms with Crippen molar-refractivity contribution in [3.05, 3.63) is 71.0 Å². The van der Waals surface area contributed by atoms with Crippen LogP contribution in [0.1, 0.15) is 60.0 Å². The van der Waals surface area contributed by atoms with E-state index in [-0.39, 0.29) is 24.1 Å². The Kier molecular flexibility index (Phi) is 6.30. The molecule has 1 saturated carbocycles. The van der Waals surface area contributed by atoms with E-state index in [0.29, 0.717) is 17.5 Å². The third-order valence-corrected chi connectivity index (χ3v) is 6.46. The van der Waals surface area contributed by atoms with Gasteiger partial charge in [-0.05, 0) is 62.3 Å². The minimum Gasteiger partial charge on any atom is -0.465 e. The maximum atomic E-state index is 13.7. The number of hydrogen-bond donors (Lipinski definition) is 0.